The van der Waals surface area contributed by atoms with Gasteiger partial charge in [-0.15, -0.1) is 0 Å². The van der Waals surface area contributed by atoms with Crippen molar-refractivity contribution >= 4 is 37.7 Å². The Hall–Kier alpha value is -3.76. The van der Waals surface area contributed by atoms with E-state index in [0.717, 1.165) is 41.5 Å². The number of rotatable bonds is 10. The second-order valence-corrected chi connectivity index (χ2v) is 12.6. The van der Waals surface area contributed by atoms with Gasteiger partial charge in [-0.25, -0.2) is 8.42 Å². The fourth-order valence-corrected chi connectivity index (χ4v) is 5.91. The third kappa shape index (κ3) is 5.97. The van der Waals surface area contributed by atoms with Crippen molar-refractivity contribution in [3.8, 4) is 23.0 Å². The Bertz CT molecular complexity index is 1650. The van der Waals surface area contributed by atoms with E-state index >= 15 is 0 Å². The normalized spacial score (nSPS) is 13.3. The first kappa shape index (κ1) is 28.3. The summed E-state index contributed by atoms with van der Waals surface area (Å²) in [5.41, 5.74) is 4.12. The lowest BCUT2D eigenvalue weighted by molar-refractivity contribution is 0.174. The zero-order chi connectivity index (χ0) is 28.4. The van der Waals surface area contributed by atoms with Crippen molar-refractivity contribution in [2.24, 2.45) is 0 Å². The van der Waals surface area contributed by atoms with Gasteiger partial charge in [0.2, 0.25) is 6.79 Å². The minimum atomic E-state index is -4.33. The molecule has 4 rings (SSSR count). The molecular formula is C29H30O8S2. The van der Waals surface area contributed by atoms with Crippen LogP contribution in [0.3, 0.4) is 0 Å². The standard InChI is InChI=1S/C29H30O8S2/c1-6-8-20-16-27-28(36-18-35-27)17-25(20)19(3)15-21-9-14-26(34-4)29(24(21)7-2)37-39(32,33)23-12-10-22(11-13-23)38(5,30)31/h7,9-17H,2,6,8,18H2,1,3-5H3/b19-15+. The van der Waals surface area contributed by atoms with E-state index in [1.165, 1.54) is 37.5 Å². The first-order valence-electron chi connectivity index (χ1n) is 12.2. The number of hydrogen-bond acceptors (Lipinski definition) is 8. The molecule has 3 aromatic carbocycles. The molecule has 1 heterocycles. The van der Waals surface area contributed by atoms with Gasteiger partial charge in [0.05, 0.1) is 12.0 Å². The van der Waals surface area contributed by atoms with Gasteiger partial charge in [0, 0.05) is 11.8 Å². The zero-order valence-electron chi connectivity index (χ0n) is 22.2. The number of hydrogen-bond donors (Lipinski definition) is 0. The molecule has 206 valence electrons. The summed E-state index contributed by atoms with van der Waals surface area (Å²) in [5, 5.41) is 0. The lowest BCUT2D eigenvalue weighted by atomic mass is 9.94. The molecule has 8 nitrogen and oxygen atoms in total. The first-order chi connectivity index (χ1) is 18.5. The van der Waals surface area contributed by atoms with Crippen LogP contribution in [0.5, 0.6) is 23.0 Å². The van der Waals surface area contributed by atoms with Crippen LogP contribution in [0, 0.1) is 0 Å². The molecule has 0 atom stereocenters. The van der Waals surface area contributed by atoms with Crippen LogP contribution in [-0.2, 0) is 26.4 Å². The van der Waals surface area contributed by atoms with E-state index in [1.54, 1.807) is 12.1 Å². The number of ether oxygens (including phenoxy) is 3. The molecule has 0 unspecified atom stereocenters. The number of aryl methyl sites for hydroxylation is 1. The number of fused-ring (bicyclic) bond motifs is 1. The van der Waals surface area contributed by atoms with Gasteiger partial charge < -0.3 is 18.4 Å². The third-order valence-corrected chi connectivity index (χ3v) is 8.63. The molecule has 0 spiro atoms. The summed E-state index contributed by atoms with van der Waals surface area (Å²) in [6.07, 6.45) is 6.27. The van der Waals surface area contributed by atoms with E-state index in [-0.39, 0.29) is 28.1 Å². The van der Waals surface area contributed by atoms with Gasteiger partial charge in [0.1, 0.15) is 4.90 Å². The average molecular weight is 571 g/mol. The zero-order valence-corrected chi connectivity index (χ0v) is 23.8. The Balaban J connectivity index is 1.77. The topological polar surface area (TPSA) is 105 Å². The fourth-order valence-electron chi connectivity index (χ4n) is 4.33. The van der Waals surface area contributed by atoms with Crippen LogP contribution in [0.15, 0.2) is 64.9 Å². The van der Waals surface area contributed by atoms with Gasteiger partial charge in [-0.1, -0.05) is 38.1 Å². The summed E-state index contributed by atoms with van der Waals surface area (Å²) >= 11 is 0. The maximum absolute atomic E-state index is 13.2. The lowest BCUT2D eigenvalue weighted by Crippen LogP contribution is -2.12. The van der Waals surface area contributed by atoms with Crippen LogP contribution in [-0.4, -0.2) is 37.0 Å². The predicted octanol–water partition coefficient (Wildman–Crippen LogP) is 5.75. The van der Waals surface area contributed by atoms with Crippen LogP contribution in [0.2, 0.25) is 0 Å². The molecule has 3 aromatic rings. The van der Waals surface area contributed by atoms with Crippen molar-refractivity contribution in [1.82, 2.24) is 0 Å². The Labute approximate surface area is 229 Å². The van der Waals surface area contributed by atoms with Crippen molar-refractivity contribution in [1.29, 1.82) is 0 Å². The molecule has 10 heteroatoms. The third-order valence-electron chi connectivity index (χ3n) is 6.27. The predicted molar refractivity (Wildman–Crippen MR) is 151 cm³/mol. The van der Waals surface area contributed by atoms with Gasteiger partial charge in [0.25, 0.3) is 0 Å². The molecule has 0 radical (unpaired) electrons. The molecule has 0 aliphatic carbocycles. The highest BCUT2D eigenvalue weighted by atomic mass is 32.2. The van der Waals surface area contributed by atoms with Crippen LogP contribution in [0.25, 0.3) is 17.7 Å². The summed E-state index contributed by atoms with van der Waals surface area (Å²) in [6, 6.07) is 12.2. The Morgan fingerprint density at radius 2 is 1.64 bits per heavy atom. The summed E-state index contributed by atoms with van der Waals surface area (Å²) in [7, 11) is -6.41. The molecule has 0 saturated heterocycles. The number of allylic oxidation sites excluding steroid dienone is 1. The van der Waals surface area contributed by atoms with Crippen LogP contribution in [0.4, 0.5) is 0 Å². The average Bonchev–Trinajstić information content (AvgIpc) is 3.35. The van der Waals surface area contributed by atoms with Gasteiger partial charge >= 0.3 is 10.1 Å². The summed E-state index contributed by atoms with van der Waals surface area (Å²) < 4.78 is 72.0. The highest BCUT2D eigenvalue weighted by molar-refractivity contribution is 7.90. The molecule has 1 aliphatic heterocycles. The summed E-state index contributed by atoms with van der Waals surface area (Å²) in [4.78, 5) is -0.201. The molecular weight excluding hydrogens is 540 g/mol. The molecule has 0 N–H and O–H groups in total. The second kappa shape index (κ2) is 11.2. The maximum Gasteiger partial charge on any atom is 0.339 e. The molecule has 0 amide bonds. The molecule has 0 bridgehead atoms. The van der Waals surface area contributed by atoms with E-state index < -0.39 is 20.0 Å². The first-order valence-corrected chi connectivity index (χ1v) is 15.5. The van der Waals surface area contributed by atoms with E-state index in [2.05, 4.69) is 13.5 Å². The van der Waals surface area contributed by atoms with E-state index in [4.69, 9.17) is 18.4 Å². The number of methoxy groups -OCH3 is 1. The largest absolute Gasteiger partial charge is 0.493 e. The van der Waals surface area contributed by atoms with E-state index in [9.17, 15) is 16.8 Å². The van der Waals surface area contributed by atoms with Crippen molar-refractivity contribution in [2.75, 3.05) is 20.2 Å². The number of sulfone groups is 1. The smallest absolute Gasteiger partial charge is 0.339 e. The van der Waals surface area contributed by atoms with E-state index in [0.29, 0.717) is 16.9 Å². The fraction of sp³-hybridized carbons (Fsp3) is 0.241. The van der Waals surface area contributed by atoms with Crippen LogP contribution in [0.1, 0.15) is 42.5 Å². The molecule has 0 fully saturated rings. The molecule has 0 saturated carbocycles. The van der Waals surface area contributed by atoms with Gasteiger partial charge in [-0.05, 0) is 78.1 Å². The molecule has 0 aromatic heterocycles. The second-order valence-electron chi connectivity index (χ2n) is 9.02. The van der Waals surface area contributed by atoms with Gasteiger partial charge in [-0.2, -0.15) is 8.42 Å². The van der Waals surface area contributed by atoms with Crippen LogP contribution >= 0.6 is 0 Å². The van der Waals surface area contributed by atoms with Gasteiger partial charge in [0.15, 0.2) is 32.8 Å². The van der Waals surface area contributed by atoms with Gasteiger partial charge in [-0.3, -0.25) is 0 Å². The van der Waals surface area contributed by atoms with E-state index in [1.807, 2.05) is 25.1 Å². The number of benzene rings is 3. The van der Waals surface area contributed by atoms with Crippen molar-refractivity contribution < 1.29 is 35.2 Å². The highest BCUT2D eigenvalue weighted by Gasteiger charge is 2.24. The van der Waals surface area contributed by atoms with Crippen molar-refractivity contribution in [2.45, 2.75) is 36.5 Å². The Kier molecular flexibility index (Phi) is 8.08. The maximum atomic E-state index is 13.2. The lowest BCUT2D eigenvalue weighted by Gasteiger charge is -2.16. The van der Waals surface area contributed by atoms with Crippen molar-refractivity contribution in [3.63, 3.8) is 0 Å². The minimum Gasteiger partial charge on any atom is -0.493 e. The Morgan fingerprint density at radius 1 is 1.00 bits per heavy atom. The SMILES string of the molecule is C=Cc1c(/C=C(\C)c2cc3c(cc2CCC)OCO3)ccc(OC)c1OS(=O)(=O)c1ccc(S(C)(=O)=O)cc1. The van der Waals surface area contributed by atoms with Crippen molar-refractivity contribution in [3.05, 3.63) is 77.4 Å². The summed E-state index contributed by atoms with van der Waals surface area (Å²) in [6.45, 7) is 8.13. The summed E-state index contributed by atoms with van der Waals surface area (Å²) in [5.74, 6) is 1.57. The quantitative estimate of drug-likeness (QED) is 0.224. The minimum absolute atomic E-state index is 0.000573. The highest BCUT2D eigenvalue weighted by Crippen LogP contribution is 2.40. The van der Waals surface area contributed by atoms with Crippen LogP contribution < -0.4 is 18.4 Å². The Morgan fingerprint density at radius 3 is 2.23 bits per heavy atom. The molecule has 1 aliphatic rings. The monoisotopic (exact) mass is 570 g/mol. The molecule has 39 heavy (non-hydrogen) atoms.